The minimum atomic E-state index is -0.0328. The van der Waals surface area contributed by atoms with Gasteiger partial charge in [-0.1, -0.05) is 57.1 Å². The normalized spacial score (nSPS) is 11.3. The van der Waals surface area contributed by atoms with E-state index in [4.69, 9.17) is 9.72 Å². The first kappa shape index (κ1) is 25.2. The van der Waals surface area contributed by atoms with Gasteiger partial charge in [-0.05, 0) is 68.8 Å². The molecule has 0 bridgehead atoms. The molecule has 0 unspecified atom stereocenters. The molecule has 0 fully saturated rings. The third kappa shape index (κ3) is 6.55. The van der Waals surface area contributed by atoms with Crippen LogP contribution in [0.15, 0.2) is 36.4 Å². The lowest BCUT2D eigenvalue weighted by Crippen LogP contribution is -2.38. The van der Waals surface area contributed by atoms with Crippen molar-refractivity contribution in [3.8, 4) is 5.75 Å². The zero-order chi connectivity index (χ0) is 23.8. The number of carbonyl (C=O) groups is 1. The van der Waals surface area contributed by atoms with Gasteiger partial charge in [-0.25, -0.2) is 4.98 Å². The quantitative estimate of drug-likeness (QED) is 0.286. The Kier molecular flexibility index (Phi) is 9.27. The maximum Gasteiger partial charge on any atom is 0.260 e. The Hall–Kier alpha value is -2.44. The van der Waals surface area contributed by atoms with Crippen molar-refractivity contribution in [3.05, 3.63) is 53.1 Å². The highest BCUT2D eigenvalue weighted by molar-refractivity contribution is 7.22. The number of carbonyl (C=O) groups excluding carboxylic acids is 1. The van der Waals surface area contributed by atoms with Crippen LogP contribution in [0.25, 0.3) is 10.2 Å². The molecule has 1 heterocycles. The number of rotatable bonds is 12. The second kappa shape index (κ2) is 12.1. The van der Waals surface area contributed by atoms with Crippen LogP contribution in [0.2, 0.25) is 0 Å². The Morgan fingerprint density at radius 1 is 1.03 bits per heavy atom. The Morgan fingerprint density at radius 3 is 2.55 bits per heavy atom. The van der Waals surface area contributed by atoms with E-state index < -0.39 is 0 Å². The minimum absolute atomic E-state index is 0.0328. The predicted octanol–water partition coefficient (Wildman–Crippen LogP) is 6.47. The molecule has 2 aromatic carbocycles. The fourth-order valence-corrected chi connectivity index (χ4v) is 5.00. The number of ether oxygens (including phenoxy) is 1. The van der Waals surface area contributed by atoms with E-state index in [1.807, 2.05) is 29.2 Å². The largest absolute Gasteiger partial charge is 0.494 e. The second-order valence-electron chi connectivity index (χ2n) is 8.49. The summed E-state index contributed by atoms with van der Waals surface area (Å²) in [5, 5.41) is 0.755. The molecule has 1 amide bonds. The number of anilines is 1. The molecule has 3 rings (SSSR count). The van der Waals surface area contributed by atoms with Gasteiger partial charge in [0, 0.05) is 18.7 Å². The van der Waals surface area contributed by atoms with E-state index in [2.05, 4.69) is 51.7 Å². The standard InChI is InChI=1S/C27H37N3O2S/c1-6-9-10-16-32-23-13-11-12-22(19-23)26(31)30(15-14-29(7-2)8-3)27-28-24-18-20(4)17-21(5)25(24)33-27/h11-13,17-19H,6-10,14-16H2,1-5H3. The van der Waals surface area contributed by atoms with Gasteiger partial charge in [0.15, 0.2) is 5.13 Å². The fourth-order valence-electron chi connectivity index (χ4n) is 3.96. The molecule has 6 heteroatoms. The van der Waals surface area contributed by atoms with E-state index in [1.165, 1.54) is 11.1 Å². The van der Waals surface area contributed by atoms with Crippen LogP contribution in [0.3, 0.4) is 0 Å². The lowest BCUT2D eigenvalue weighted by Gasteiger charge is -2.25. The molecule has 0 saturated heterocycles. The number of amides is 1. The van der Waals surface area contributed by atoms with Gasteiger partial charge in [0.1, 0.15) is 5.75 Å². The van der Waals surface area contributed by atoms with Crippen LogP contribution in [-0.4, -0.2) is 48.6 Å². The molecule has 0 spiro atoms. The van der Waals surface area contributed by atoms with Crippen molar-refractivity contribution in [1.82, 2.24) is 9.88 Å². The molecule has 33 heavy (non-hydrogen) atoms. The molecule has 0 saturated carbocycles. The van der Waals surface area contributed by atoms with Gasteiger partial charge in [0.2, 0.25) is 0 Å². The summed E-state index contributed by atoms with van der Waals surface area (Å²) in [4.78, 5) is 22.8. The molecule has 3 aromatic rings. The van der Waals surface area contributed by atoms with Gasteiger partial charge in [-0.15, -0.1) is 0 Å². The highest BCUT2D eigenvalue weighted by atomic mass is 32.1. The maximum atomic E-state index is 13.7. The third-order valence-corrected chi connectivity index (χ3v) is 7.15. The molecule has 0 aliphatic carbocycles. The zero-order valence-electron chi connectivity index (χ0n) is 20.7. The first-order valence-electron chi connectivity index (χ1n) is 12.1. The van der Waals surface area contributed by atoms with Crippen LogP contribution >= 0.6 is 11.3 Å². The number of hydrogen-bond acceptors (Lipinski definition) is 5. The van der Waals surface area contributed by atoms with Crippen molar-refractivity contribution in [1.29, 1.82) is 0 Å². The van der Waals surface area contributed by atoms with Crippen LogP contribution in [0.4, 0.5) is 5.13 Å². The molecule has 178 valence electrons. The number of aromatic nitrogens is 1. The Bertz CT molecular complexity index is 1060. The maximum absolute atomic E-state index is 13.7. The summed E-state index contributed by atoms with van der Waals surface area (Å²) in [6.45, 7) is 14.7. The summed E-state index contributed by atoms with van der Waals surface area (Å²) in [5.74, 6) is 0.714. The molecule has 0 radical (unpaired) electrons. The number of unbranched alkanes of at least 4 members (excludes halogenated alkanes) is 2. The second-order valence-corrected chi connectivity index (χ2v) is 9.47. The average molecular weight is 468 g/mol. The van der Waals surface area contributed by atoms with Crippen molar-refractivity contribution in [2.24, 2.45) is 0 Å². The smallest absolute Gasteiger partial charge is 0.260 e. The van der Waals surface area contributed by atoms with Gasteiger partial charge in [0.25, 0.3) is 5.91 Å². The molecular weight excluding hydrogens is 430 g/mol. The number of benzene rings is 2. The first-order chi connectivity index (χ1) is 16.0. The first-order valence-corrected chi connectivity index (χ1v) is 12.9. The summed E-state index contributed by atoms with van der Waals surface area (Å²) in [6.07, 6.45) is 3.33. The van der Waals surface area contributed by atoms with Gasteiger partial charge in [-0.3, -0.25) is 9.69 Å². The van der Waals surface area contributed by atoms with Crippen molar-refractivity contribution in [2.75, 3.05) is 37.7 Å². The van der Waals surface area contributed by atoms with Gasteiger partial charge in [-0.2, -0.15) is 0 Å². The monoisotopic (exact) mass is 467 g/mol. The van der Waals surface area contributed by atoms with Gasteiger partial charge < -0.3 is 9.64 Å². The lowest BCUT2D eigenvalue weighted by atomic mass is 10.1. The lowest BCUT2D eigenvalue weighted by molar-refractivity contribution is 0.0983. The SMILES string of the molecule is CCCCCOc1cccc(C(=O)N(CCN(CC)CC)c2nc3cc(C)cc(C)c3s2)c1. The zero-order valence-corrected chi connectivity index (χ0v) is 21.5. The summed E-state index contributed by atoms with van der Waals surface area (Å²) >= 11 is 1.60. The van der Waals surface area contributed by atoms with Gasteiger partial charge >= 0.3 is 0 Å². The number of fused-ring (bicyclic) bond motifs is 1. The van der Waals surface area contributed by atoms with E-state index in [0.29, 0.717) is 18.7 Å². The van der Waals surface area contributed by atoms with Crippen molar-refractivity contribution < 1.29 is 9.53 Å². The highest BCUT2D eigenvalue weighted by Crippen LogP contribution is 2.33. The van der Waals surface area contributed by atoms with E-state index in [1.54, 1.807) is 11.3 Å². The summed E-state index contributed by atoms with van der Waals surface area (Å²) < 4.78 is 7.05. The van der Waals surface area contributed by atoms with Gasteiger partial charge in [0.05, 0.1) is 16.8 Å². The highest BCUT2D eigenvalue weighted by Gasteiger charge is 2.23. The van der Waals surface area contributed by atoms with Crippen LogP contribution in [-0.2, 0) is 0 Å². The molecule has 0 N–H and O–H groups in total. The number of nitrogens with zero attached hydrogens (tertiary/aromatic N) is 3. The Labute approximate surface area is 202 Å². The Balaban J connectivity index is 1.89. The molecule has 0 atom stereocenters. The number of thiazole rings is 1. The van der Waals surface area contributed by atoms with Crippen LogP contribution < -0.4 is 9.64 Å². The minimum Gasteiger partial charge on any atom is -0.494 e. The van der Waals surface area contributed by atoms with Crippen molar-refractivity contribution in [3.63, 3.8) is 0 Å². The van der Waals surface area contributed by atoms with E-state index in [9.17, 15) is 4.79 Å². The number of likely N-dealkylation sites (N-methyl/N-ethyl adjacent to an activating group) is 1. The average Bonchev–Trinajstić information content (AvgIpc) is 3.23. The van der Waals surface area contributed by atoms with E-state index in [0.717, 1.165) is 60.0 Å². The number of aryl methyl sites for hydroxylation is 2. The van der Waals surface area contributed by atoms with Crippen molar-refractivity contribution in [2.45, 2.75) is 53.9 Å². The molecular formula is C27H37N3O2S. The number of hydrogen-bond donors (Lipinski definition) is 0. The third-order valence-electron chi connectivity index (χ3n) is 5.92. The topological polar surface area (TPSA) is 45.7 Å². The van der Waals surface area contributed by atoms with E-state index in [-0.39, 0.29) is 5.91 Å². The molecule has 5 nitrogen and oxygen atoms in total. The Morgan fingerprint density at radius 2 is 1.82 bits per heavy atom. The fraction of sp³-hybridized carbons (Fsp3) is 0.481. The predicted molar refractivity (Wildman–Crippen MR) is 140 cm³/mol. The summed E-state index contributed by atoms with van der Waals surface area (Å²) in [7, 11) is 0. The molecule has 0 aliphatic heterocycles. The molecule has 1 aromatic heterocycles. The van der Waals surface area contributed by atoms with Crippen LogP contribution in [0, 0.1) is 13.8 Å². The van der Waals surface area contributed by atoms with Crippen LogP contribution in [0.1, 0.15) is 61.5 Å². The van der Waals surface area contributed by atoms with E-state index >= 15 is 0 Å². The molecule has 0 aliphatic rings. The van der Waals surface area contributed by atoms with Crippen molar-refractivity contribution >= 4 is 32.6 Å². The summed E-state index contributed by atoms with van der Waals surface area (Å²) in [6, 6.07) is 11.8. The van der Waals surface area contributed by atoms with Crippen LogP contribution in [0.5, 0.6) is 5.75 Å². The summed E-state index contributed by atoms with van der Waals surface area (Å²) in [5.41, 5.74) is 3.98.